The van der Waals surface area contributed by atoms with Crippen LogP contribution in [-0.2, 0) is 0 Å². The quantitative estimate of drug-likeness (QED) is 0.465. The molecule has 1 aromatic rings. The number of benzene rings is 1. The minimum Gasteiger partial charge on any atom is -0.386 e. The van der Waals surface area contributed by atoms with E-state index in [4.69, 9.17) is 28.9 Å². The number of nitrogens with zero attached hydrogens (tertiary/aromatic N) is 1. The molecule has 0 radical (unpaired) electrons. The third kappa shape index (κ3) is 2.86. The van der Waals surface area contributed by atoms with Crippen molar-refractivity contribution in [3.63, 3.8) is 0 Å². The topological polar surface area (TPSA) is 38.4 Å². The maximum Gasteiger partial charge on any atom is 0.141 e. The van der Waals surface area contributed by atoms with E-state index >= 15 is 0 Å². The number of aliphatic imine (C=N–C) groups is 1. The van der Waals surface area contributed by atoms with Crippen molar-refractivity contribution in [1.82, 2.24) is 0 Å². The van der Waals surface area contributed by atoms with Gasteiger partial charge in [-0.2, -0.15) is 0 Å². The molecule has 1 rings (SSSR count). The number of hydrogen-bond donors (Lipinski definition) is 1. The van der Waals surface area contributed by atoms with Gasteiger partial charge < -0.3 is 5.73 Å². The predicted octanol–water partition coefficient (Wildman–Crippen LogP) is 2.71. The van der Waals surface area contributed by atoms with Gasteiger partial charge in [0.2, 0.25) is 0 Å². The molecular formula is C8H7Cl2FN2. The third-order valence-electron chi connectivity index (χ3n) is 1.31. The fourth-order valence-corrected chi connectivity index (χ4v) is 0.985. The average molecular weight is 221 g/mol. The summed E-state index contributed by atoms with van der Waals surface area (Å²) in [6.45, 7) is 0. The molecule has 0 unspecified atom stereocenters. The van der Waals surface area contributed by atoms with E-state index < -0.39 is 5.82 Å². The van der Waals surface area contributed by atoms with E-state index in [1.165, 1.54) is 18.2 Å². The summed E-state index contributed by atoms with van der Waals surface area (Å²) in [6, 6.07) is 4.08. The smallest absolute Gasteiger partial charge is 0.141 e. The van der Waals surface area contributed by atoms with Crippen molar-refractivity contribution in [2.45, 2.75) is 0 Å². The summed E-state index contributed by atoms with van der Waals surface area (Å²) in [6.07, 6.45) is 0. The molecule has 0 saturated carbocycles. The van der Waals surface area contributed by atoms with Crippen molar-refractivity contribution in [2.75, 3.05) is 5.88 Å². The van der Waals surface area contributed by atoms with Crippen LogP contribution in [0.3, 0.4) is 0 Å². The zero-order valence-electron chi connectivity index (χ0n) is 6.60. The fourth-order valence-electron chi connectivity index (χ4n) is 0.750. The second-order valence-corrected chi connectivity index (χ2v) is 3.01. The molecule has 2 N–H and O–H groups in total. The largest absolute Gasteiger partial charge is 0.386 e. The van der Waals surface area contributed by atoms with Crippen molar-refractivity contribution in [1.29, 1.82) is 0 Å². The molecule has 0 bridgehead atoms. The van der Waals surface area contributed by atoms with Crippen LogP contribution in [0.15, 0.2) is 23.2 Å². The van der Waals surface area contributed by atoms with Crippen LogP contribution in [0, 0.1) is 5.82 Å². The lowest BCUT2D eigenvalue weighted by molar-refractivity contribution is 0.628. The van der Waals surface area contributed by atoms with Crippen LogP contribution in [0.5, 0.6) is 0 Å². The lowest BCUT2D eigenvalue weighted by Gasteiger charge is -1.97. The fraction of sp³-hybridized carbons (Fsp3) is 0.125. The molecule has 0 aromatic heterocycles. The molecular weight excluding hydrogens is 214 g/mol. The Kier molecular flexibility index (Phi) is 3.51. The first-order chi connectivity index (χ1) is 6.13. The molecule has 5 heteroatoms. The zero-order chi connectivity index (χ0) is 9.84. The Hall–Kier alpha value is -0.800. The third-order valence-corrected chi connectivity index (χ3v) is 1.88. The highest BCUT2D eigenvalue weighted by molar-refractivity contribution is 6.31. The molecule has 0 aliphatic carbocycles. The van der Waals surface area contributed by atoms with E-state index in [0.717, 1.165) is 0 Å². The first-order valence-electron chi connectivity index (χ1n) is 3.47. The summed E-state index contributed by atoms with van der Waals surface area (Å²) in [5.74, 6) is -0.0796. The van der Waals surface area contributed by atoms with Gasteiger partial charge in [0.1, 0.15) is 11.7 Å². The summed E-state index contributed by atoms with van der Waals surface area (Å²) in [7, 11) is 0. The molecule has 0 spiro atoms. The van der Waals surface area contributed by atoms with Crippen molar-refractivity contribution < 1.29 is 4.39 Å². The van der Waals surface area contributed by atoms with Gasteiger partial charge in [0.15, 0.2) is 0 Å². The summed E-state index contributed by atoms with van der Waals surface area (Å²) in [5, 5.41) is 0.0172. The standard InChI is InChI=1S/C8H7Cl2FN2/c9-4-8(12)13-5-1-2-7(11)6(10)3-5/h1-3H,4H2,(H2,12,13). The number of rotatable bonds is 2. The van der Waals surface area contributed by atoms with Crippen LogP contribution in [-0.4, -0.2) is 11.7 Å². The molecule has 0 atom stereocenters. The molecule has 1 aromatic carbocycles. The van der Waals surface area contributed by atoms with Crippen molar-refractivity contribution >= 4 is 34.7 Å². The Morgan fingerprint density at radius 1 is 1.54 bits per heavy atom. The predicted molar refractivity (Wildman–Crippen MR) is 53.4 cm³/mol. The van der Waals surface area contributed by atoms with E-state index in [9.17, 15) is 4.39 Å². The highest BCUT2D eigenvalue weighted by atomic mass is 35.5. The lowest BCUT2D eigenvalue weighted by Crippen LogP contribution is -2.12. The van der Waals surface area contributed by atoms with Crippen LogP contribution in [0.2, 0.25) is 5.02 Å². The molecule has 13 heavy (non-hydrogen) atoms. The maximum absolute atomic E-state index is 12.7. The Bertz CT molecular complexity index is 339. The Labute approximate surface area is 85.2 Å². The first-order valence-corrected chi connectivity index (χ1v) is 4.39. The molecule has 0 aliphatic heterocycles. The van der Waals surface area contributed by atoms with E-state index in [0.29, 0.717) is 5.69 Å². The molecule has 0 saturated heterocycles. The van der Waals surface area contributed by atoms with E-state index in [2.05, 4.69) is 4.99 Å². The highest BCUT2D eigenvalue weighted by Crippen LogP contribution is 2.21. The van der Waals surface area contributed by atoms with Gasteiger partial charge >= 0.3 is 0 Å². The molecule has 0 amide bonds. The van der Waals surface area contributed by atoms with Gasteiger partial charge in [0.05, 0.1) is 16.6 Å². The summed E-state index contributed by atoms with van der Waals surface area (Å²) in [5.41, 5.74) is 5.86. The second-order valence-electron chi connectivity index (χ2n) is 2.34. The number of nitrogens with two attached hydrogens (primary N) is 1. The summed E-state index contributed by atoms with van der Waals surface area (Å²) < 4.78 is 12.7. The van der Waals surface area contributed by atoms with Crippen LogP contribution in [0.25, 0.3) is 0 Å². The monoisotopic (exact) mass is 220 g/mol. The van der Waals surface area contributed by atoms with E-state index in [-0.39, 0.29) is 16.7 Å². The zero-order valence-corrected chi connectivity index (χ0v) is 8.11. The van der Waals surface area contributed by atoms with Gasteiger partial charge in [-0.05, 0) is 18.2 Å². The lowest BCUT2D eigenvalue weighted by atomic mass is 10.3. The van der Waals surface area contributed by atoms with E-state index in [1.807, 2.05) is 0 Å². The first kappa shape index (κ1) is 10.3. The number of alkyl halides is 1. The van der Waals surface area contributed by atoms with Crippen LogP contribution in [0.1, 0.15) is 0 Å². The minimum atomic E-state index is -0.481. The highest BCUT2D eigenvalue weighted by Gasteiger charge is 1.99. The minimum absolute atomic E-state index is 0.0172. The van der Waals surface area contributed by atoms with Crippen molar-refractivity contribution in [3.05, 3.63) is 29.0 Å². The Balaban J connectivity index is 2.98. The van der Waals surface area contributed by atoms with Crippen LogP contribution < -0.4 is 5.73 Å². The molecule has 2 nitrogen and oxygen atoms in total. The molecule has 0 heterocycles. The van der Waals surface area contributed by atoms with Gasteiger partial charge in [0, 0.05) is 0 Å². The van der Waals surface area contributed by atoms with Gasteiger partial charge in [-0.1, -0.05) is 11.6 Å². The molecule has 0 fully saturated rings. The van der Waals surface area contributed by atoms with E-state index in [1.54, 1.807) is 0 Å². The van der Waals surface area contributed by atoms with Gasteiger partial charge in [-0.25, -0.2) is 9.38 Å². The van der Waals surface area contributed by atoms with Gasteiger partial charge in [-0.15, -0.1) is 11.6 Å². The average Bonchev–Trinajstić information content (AvgIpc) is 2.11. The SMILES string of the molecule is NC(CCl)=Nc1ccc(F)c(Cl)c1. The Morgan fingerprint density at radius 2 is 2.23 bits per heavy atom. The second kappa shape index (κ2) is 4.44. The molecule has 0 aliphatic rings. The van der Waals surface area contributed by atoms with Gasteiger partial charge in [0.25, 0.3) is 0 Å². The normalized spacial score (nSPS) is 11.8. The van der Waals surface area contributed by atoms with Crippen LogP contribution in [0.4, 0.5) is 10.1 Å². The number of amidine groups is 1. The van der Waals surface area contributed by atoms with Crippen LogP contribution >= 0.6 is 23.2 Å². The summed E-state index contributed by atoms with van der Waals surface area (Å²) in [4.78, 5) is 3.89. The van der Waals surface area contributed by atoms with Gasteiger partial charge in [-0.3, -0.25) is 0 Å². The number of halogens is 3. The summed E-state index contributed by atoms with van der Waals surface area (Å²) >= 11 is 10.9. The van der Waals surface area contributed by atoms with Crippen molar-refractivity contribution in [3.8, 4) is 0 Å². The van der Waals surface area contributed by atoms with Crippen molar-refractivity contribution in [2.24, 2.45) is 10.7 Å². The maximum atomic E-state index is 12.7. The Morgan fingerprint density at radius 3 is 2.77 bits per heavy atom. The number of hydrogen-bond acceptors (Lipinski definition) is 1. The molecule has 70 valence electrons.